The van der Waals surface area contributed by atoms with Crippen molar-refractivity contribution in [2.75, 3.05) is 0 Å². The normalized spacial score (nSPS) is 12.8. The van der Waals surface area contributed by atoms with E-state index in [1.807, 2.05) is 12.1 Å². The maximum absolute atomic E-state index is 9.96. The number of aliphatic hydroxyl groups is 1. The van der Waals surface area contributed by atoms with E-state index in [-0.39, 0.29) is 6.10 Å². The highest BCUT2D eigenvalue weighted by molar-refractivity contribution is 7.16. The van der Waals surface area contributed by atoms with Gasteiger partial charge in [0, 0.05) is 4.88 Å². The zero-order chi connectivity index (χ0) is 13.2. The third-order valence-corrected chi connectivity index (χ3v) is 4.59. The molecule has 0 aliphatic heterocycles. The van der Waals surface area contributed by atoms with Gasteiger partial charge in [-0.05, 0) is 18.6 Å². The number of hydrogen-bond acceptors (Lipinski definition) is 2. The summed E-state index contributed by atoms with van der Waals surface area (Å²) >= 11 is 7.34. The van der Waals surface area contributed by atoms with Gasteiger partial charge in [0.25, 0.3) is 0 Å². The predicted molar refractivity (Wildman–Crippen MR) is 81.5 cm³/mol. The van der Waals surface area contributed by atoms with E-state index in [2.05, 4.69) is 6.92 Å². The summed E-state index contributed by atoms with van der Waals surface area (Å²) in [6.45, 7) is 2.25. The molecule has 1 rings (SSSR count). The highest BCUT2D eigenvalue weighted by atomic mass is 35.5. The van der Waals surface area contributed by atoms with Gasteiger partial charge in [-0.15, -0.1) is 11.3 Å². The third kappa shape index (κ3) is 6.77. The van der Waals surface area contributed by atoms with Gasteiger partial charge in [-0.1, -0.05) is 69.9 Å². The van der Waals surface area contributed by atoms with Crippen LogP contribution in [0.15, 0.2) is 12.1 Å². The molecule has 1 aromatic heterocycles. The average Bonchev–Trinajstić information content (AvgIpc) is 2.79. The van der Waals surface area contributed by atoms with Gasteiger partial charge in [-0.25, -0.2) is 0 Å². The van der Waals surface area contributed by atoms with Crippen molar-refractivity contribution in [3.8, 4) is 0 Å². The van der Waals surface area contributed by atoms with Crippen molar-refractivity contribution < 1.29 is 5.11 Å². The molecule has 0 saturated carbocycles. The minimum Gasteiger partial charge on any atom is -0.388 e. The molecule has 0 aliphatic rings. The number of thiophene rings is 1. The van der Waals surface area contributed by atoms with Gasteiger partial charge in [0.2, 0.25) is 0 Å². The molecule has 3 heteroatoms. The van der Waals surface area contributed by atoms with Crippen LogP contribution in [-0.2, 0) is 0 Å². The molecule has 0 bridgehead atoms. The van der Waals surface area contributed by atoms with E-state index in [4.69, 9.17) is 11.6 Å². The maximum Gasteiger partial charge on any atom is 0.0932 e. The van der Waals surface area contributed by atoms with Crippen LogP contribution in [0.3, 0.4) is 0 Å². The lowest BCUT2D eigenvalue weighted by atomic mass is 10.1. The molecule has 1 heterocycles. The highest BCUT2D eigenvalue weighted by Crippen LogP contribution is 2.29. The molecule has 0 spiro atoms. The van der Waals surface area contributed by atoms with Crippen LogP contribution in [0.4, 0.5) is 0 Å². The van der Waals surface area contributed by atoms with Crippen molar-refractivity contribution in [2.24, 2.45) is 0 Å². The Kier molecular flexibility index (Phi) is 8.74. The van der Waals surface area contributed by atoms with Gasteiger partial charge in [0.05, 0.1) is 10.4 Å². The molecule has 0 radical (unpaired) electrons. The van der Waals surface area contributed by atoms with Crippen molar-refractivity contribution in [1.82, 2.24) is 0 Å². The first kappa shape index (κ1) is 16.0. The van der Waals surface area contributed by atoms with E-state index in [1.165, 1.54) is 56.3 Å². The fourth-order valence-corrected chi connectivity index (χ4v) is 3.20. The Morgan fingerprint density at radius 3 is 2.22 bits per heavy atom. The molecule has 1 atom stereocenters. The molecule has 0 saturated heterocycles. The summed E-state index contributed by atoms with van der Waals surface area (Å²) in [6.07, 6.45) is 11.0. The van der Waals surface area contributed by atoms with Crippen molar-refractivity contribution in [3.05, 3.63) is 21.3 Å². The quantitative estimate of drug-likeness (QED) is 0.526. The van der Waals surface area contributed by atoms with Gasteiger partial charge in [-0.3, -0.25) is 0 Å². The molecule has 0 fully saturated rings. The molecule has 104 valence electrons. The van der Waals surface area contributed by atoms with Crippen LogP contribution in [0.5, 0.6) is 0 Å². The Balaban J connectivity index is 1.97. The molecular formula is C15H25ClOS. The SMILES string of the molecule is CCCCCCCCCCC(O)c1ccc(Cl)s1. The lowest BCUT2D eigenvalue weighted by Crippen LogP contribution is -1.94. The summed E-state index contributed by atoms with van der Waals surface area (Å²) in [6, 6.07) is 3.79. The smallest absolute Gasteiger partial charge is 0.0932 e. The minimum atomic E-state index is -0.317. The predicted octanol–water partition coefficient (Wildman–Crippen LogP) is 5.97. The Morgan fingerprint density at radius 1 is 1.06 bits per heavy atom. The van der Waals surface area contributed by atoms with Crippen LogP contribution in [0.1, 0.15) is 75.7 Å². The molecule has 1 aromatic rings. The van der Waals surface area contributed by atoms with Gasteiger partial charge in [0.1, 0.15) is 0 Å². The summed E-state index contributed by atoms with van der Waals surface area (Å²) < 4.78 is 0.764. The van der Waals surface area contributed by atoms with E-state index in [0.29, 0.717) is 0 Å². The highest BCUT2D eigenvalue weighted by Gasteiger charge is 2.09. The Labute approximate surface area is 120 Å². The zero-order valence-electron chi connectivity index (χ0n) is 11.3. The number of aliphatic hydroxyl groups excluding tert-OH is 1. The van der Waals surface area contributed by atoms with Crippen LogP contribution in [0, 0.1) is 0 Å². The maximum atomic E-state index is 9.96. The number of halogens is 1. The molecule has 0 aromatic carbocycles. The summed E-state index contributed by atoms with van der Waals surface area (Å²) in [7, 11) is 0. The minimum absolute atomic E-state index is 0.317. The molecule has 0 aliphatic carbocycles. The molecule has 1 unspecified atom stereocenters. The second kappa shape index (κ2) is 9.82. The Hall–Kier alpha value is -0.0500. The second-order valence-electron chi connectivity index (χ2n) is 4.92. The van der Waals surface area contributed by atoms with Gasteiger partial charge in [-0.2, -0.15) is 0 Å². The summed E-state index contributed by atoms with van der Waals surface area (Å²) in [4.78, 5) is 1.00. The van der Waals surface area contributed by atoms with E-state index < -0.39 is 0 Å². The first-order valence-corrected chi connectivity index (χ1v) is 8.36. The van der Waals surface area contributed by atoms with Crippen molar-refractivity contribution >= 4 is 22.9 Å². The summed E-state index contributed by atoms with van der Waals surface area (Å²) in [5, 5.41) is 9.96. The lowest BCUT2D eigenvalue weighted by Gasteiger charge is -2.07. The molecule has 1 nitrogen and oxygen atoms in total. The summed E-state index contributed by atoms with van der Waals surface area (Å²) in [5.74, 6) is 0. The van der Waals surface area contributed by atoms with Crippen LogP contribution >= 0.6 is 22.9 Å². The molecular weight excluding hydrogens is 264 g/mol. The van der Waals surface area contributed by atoms with Gasteiger partial charge < -0.3 is 5.11 Å². The monoisotopic (exact) mass is 288 g/mol. The lowest BCUT2D eigenvalue weighted by molar-refractivity contribution is 0.167. The zero-order valence-corrected chi connectivity index (χ0v) is 12.9. The van der Waals surface area contributed by atoms with Crippen LogP contribution < -0.4 is 0 Å². The van der Waals surface area contributed by atoms with Gasteiger partial charge >= 0.3 is 0 Å². The molecule has 0 amide bonds. The molecule has 18 heavy (non-hydrogen) atoms. The first-order valence-electron chi connectivity index (χ1n) is 7.17. The fourth-order valence-electron chi connectivity index (χ4n) is 2.12. The number of rotatable bonds is 10. The van der Waals surface area contributed by atoms with Crippen LogP contribution in [-0.4, -0.2) is 5.11 Å². The van der Waals surface area contributed by atoms with Crippen LogP contribution in [0.2, 0.25) is 4.34 Å². The largest absolute Gasteiger partial charge is 0.388 e. The topological polar surface area (TPSA) is 20.2 Å². The van der Waals surface area contributed by atoms with E-state index >= 15 is 0 Å². The van der Waals surface area contributed by atoms with Crippen molar-refractivity contribution in [1.29, 1.82) is 0 Å². The van der Waals surface area contributed by atoms with Crippen LogP contribution in [0.25, 0.3) is 0 Å². The van der Waals surface area contributed by atoms with Crippen molar-refractivity contribution in [2.45, 2.75) is 70.8 Å². The first-order chi connectivity index (χ1) is 8.74. The van der Waals surface area contributed by atoms with E-state index in [9.17, 15) is 5.11 Å². The number of hydrogen-bond donors (Lipinski definition) is 1. The fraction of sp³-hybridized carbons (Fsp3) is 0.733. The standard InChI is InChI=1S/C15H25ClOS/c1-2-3-4-5-6-7-8-9-10-13(17)14-11-12-15(16)18-14/h11-13,17H,2-10H2,1H3. The summed E-state index contributed by atoms with van der Waals surface area (Å²) in [5.41, 5.74) is 0. The number of unbranched alkanes of at least 4 members (excludes halogenated alkanes) is 7. The van der Waals surface area contributed by atoms with E-state index in [1.54, 1.807) is 0 Å². The van der Waals surface area contributed by atoms with Crippen molar-refractivity contribution in [3.63, 3.8) is 0 Å². The molecule has 1 N–H and O–H groups in total. The second-order valence-corrected chi connectivity index (χ2v) is 6.67. The van der Waals surface area contributed by atoms with Gasteiger partial charge in [0.15, 0.2) is 0 Å². The average molecular weight is 289 g/mol. The Bertz CT molecular complexity index is 311. The third-order valence-electron chi connectivity index (χ3n) is 3.25. The Morgan fingerprint density at radius 2 is 1.67 bits per heavy atom. The van der Waals surface area contributed by atoms with E-state index in [0.717, 1.165) is 22.1 Å².